The van der Waals surface area contributed by atoms with Gasteiger partial charge in [-0.2, -0.15) is 11.3 Å². The molecule has 0 radical (unpaired) electrons. The Hall–Kier alpha value is -0.880. The number of amides is 1. The van der Waals surface area contributed by atoms with E-state index in [-0.39, 0.29) is 12.0 Å². The standard InChI is InChI=1S/C14H13BrClNO2S/c1-19-13(9-4-5-20-8-9)7-17-14(18)11-6-10(15)2-3-12(11)16/h2-6,8,13H,7H2,1H3,(H,17,18). The molecular weight excluding hydrogens is 362 g/mol. The van der Waals surface area contributed by atoms with E-state index in [9.17, 15) is 4.79 Å². The second-order valence-corrected chi connectivity index (χ2v) is 6.22. The highest BCUT2D eigenvalue weighted by molar-refractivity contribution is 9.10. The summed E-state index contributed by atoms with van der Waals surface area (Å²) in [6.07, 6.45) is -0.156. The lowest BCUT2D eigenvalue weighted by molar-refractivity contribution is 0.0829. The van der Waals surface area contributed by atoms with Crippen LogP contribution in [0.4, 0.5) is 0 Å². The van der Waals surface area contributed by atoms with Gasteiger partial charge in [0.1, 0.15) is 6.10 Å². The van der Waals surface area contributed by atoms with Gasteiger partial charge in [0.05, 0.1) is 10.6 Å². The van der Waals surface area contributed by atoms with Gasteiger partial charge in [-0.05, 0) is 40.6 Å². The second-order valence-electron chi connectivity index (χ2n) is 4.12. The van der Waals surface area contributed by atoms with Crippen LogP contribution in [0.2, 0.25) is 5.02 Å². The Bertz CT molecular complexity index is 589. The number of carbonyl (C=O) groups excluding carboxylic acids is 1. The third-order valence-corrected chi connectivity index (χ3v) is 4.34. The van der Waals surface area contributed by atoms with Crippen LogP contribution in [0.25, 0.3) is 0 Å². The van der Waals surface area contributed by atoms with Crippen molar-refractivity contribution in [2.75, 3.05) is 13.7 Å². The van der Waals surface area contributed by atoms with E-state index in [4.69, 9.17) is 16.3 Å². The zero-order valence-corrected chi connectivity index (χ0v) is 13.9. The Labute approximate surface area is 135 Å². The molecule has 1 N–H and O–H groups in total. The Morgan fingerprint density at radius 1 is 1.50 bits per heavy atom. The highest BCUT2D eigenvalue weighted by atomic mass is 79.9. The number of thiophene rings is 1. The maximum Gasteiger partial charge on any atom is 0.252 e. The molecule has 1 amide bonds. The van der Waals surface area contributed by atoms with Gasteiger partial charge < -0.3 is 10.1 Å². The van der Waals surface area contributed by atoms with Gasteiger partial charge in [0, 0.05) is 18.1 Å². The largest absolute Gasteiger partial charge is 0.375 e. The number of rotatable bonds is 5. The number of hydrogen-bond acceptors (Lipinski definition) is 3. The first-order chi connectivity index (χ1) is 9.61. The lowest BCUT2D eigenvalue weighted by atomic mass is 10.1. The van der Waals surface area contributed by atoms with Crippen LogP contribution < -0.4 is 5.32 Å². The van der Waals surface area contributed by atoms with E-state index in [0.717, 1.165) is 10.0 Å². The van der Waals surface area contributed by atoms with E-state index >= 15 is 0 Å². The first kappa shape index (κ1) is 15.5. The Balaban J connectivity index is 2.03. The van der Waals surface area contributed by atoms with Gasteiger partial charge in [-0.15, -0.1) is 0 Å². The molecule has 6 heteroatoms. The third-order valence-electron chi connectivity index (χ3n) is 2.82. The molecule has 0 aliphatic carbocycles. The van der Waals surface area contributed by atoms with Crippen LogP contribution in [-0.4, -0.2) is 19.6 Å². The summed E-state index contributed by atoms with van der Waals surface area (Å²) in [4.78, 5) is 12.1. The lowest BCUT2D eigenvalue weighted by Crippen LogP contribution is -2.29. The predicted molar refractivity (Wildman–Crippen MR) is 85.6 cm³/mol. The summed E-state index contributed by atoms with van der Waals surface area (Å²) < 4.78 is 6.20. The average molecular weight is 375 g/mol. The van der Waals surface area contributed by atoms with Crippen molar-refractivity contribution >= 4 is 44.8 Å². The van der Waals surface area contributed by atoms with Crippen LogP contribution in [0, 0.1) is 0 Å². The Morgan fingerprint density at radius 2 is 2.30 bits per heavy atom. The average Bonchev–Trinajstić information content (AvgIpc) is 2.96. The highest BCUT2D eigenvalue weighted by Gasteiger charge is 2.15. The maximum atomic E-state index is 12.1. The van der Waals surface area contributed by atoms with E-state index in [1.165, 1.54) is 0 Å². The van der Waals surface area contributed by atoms with Crippen molar-refractivity contribution in [2.24, 2.45) is 0 Å². The van der Waals surface area contributed by atoms with Gasteiger partial charge in [0.2, 0.25) is 0 Å². The van der Waals surface area contributed by atoms with E-state index < -0.39 is 0 Å². The zero-order valence-electron chi connectivity index (χ0n) is 10.7. The van der Waals surface area contributed by atoms with Crippen LogP contribution in [0.5, 0.6) is 0 Å². The van der Waals surface area contributed by atoms with Gasteiger partial charge in [-0.1, -0.05) is 27.5 Å². The van der Waals surface area contributed by atoms with E-state index in [1.807, 2.05) is 16.8 Å². The van der Waals surface area contributed by atoms with Crippen molar-refractivity contribution in [3.63, 3.8) is 0 Å². The smallest absolute Gasteiger partial charge is 0.252 e. The fourth-order valence-electron chi connectivity index (χ4n) is 1.75. The molecule has 0 spiro atoms. The van der Waals surface area contributed by atoms with Crippen LogP contribution in [0.15, 0.2) is 39.5 Å². The van der Waals surface area contributed by atoms with Gasteiger partial charge in [0.25, 0.3) is 5.91 Å². The van der Waals surface area contributed by atoms with Crippen LogP contribution in [0.3, 0.4) is 0 Å². The molecule has 1 unspecified atom stereocenters. The fraction of sp³-hybridized carbons (Fsp3) is 0.214. The van der Waals surface area contributed by atoms with Crippen molar-refractivity contribution in [1.82, 2.24) is 5.32 Å². The quantitative estimate of drug-likeness (QED) is 0.848. The number of methoxy groups -OCH3 is 1. The number of carbonyl (C=O) groups is 1. The molecular formula is C14H13BrClNO2S. The molecule has 1 heterocycles. The second kappa shape index (κ2) is 7.22. The van der Waals surface area contributed by atoms with Gasteiger partial charge in [-0.25, -0.2) is 0 Å². The lowest BCUT2D eigenvalue weighted by Gasteiger charge is -2.15. The van der Waals surface area contributed by atoms with Gasteiger partial charge >= 0.3 is 0 Å². The number of hydrogen-bond donors (Lipinski definition) is 1. The Morgan fingerprint density at radius 3 is 2.95 bits per heavy atom. The van der Waals surface area contributed by atoms with E-state index in [0.29, 0.717) is 17.1 Å². The summed E-state index contributed by atoms with van der Waals surface area (Å²) in [5.41, 5.74) is 1.50. The molecule has 106 valence electrons. The molecule has 20 heavy (non-hydrogen) atoms. The molecule has 0 aliphatic rings. The molecule has 0 bridgehead atoms. The normalized spacial score (nSPS) is 12.2. The number of ether oxygens (including phenoxy) is 1. The van der Waals surface area contributed by atoms with Crippen LogP contribution in [0.1, 0.15) is 22.0 Å². The number of benzene rings is 1. The minimum Gasteiger partial charge on any atom is -0.375 e. The van der Waals surface area contributed by atoms with Crippen molar-refractivity contribution < 1.29 is 9.53 Å². The van der Waals surface area contributed by atoms with E-state index in [1.54, 1.807) is 36.6 Å². The molecule has 1 atom stereocenters. The highest BCUT2D eigenvalue weighted by Crippen LogP contribution is 2.22. The Kier molecular flexibility index (Phi) is 5.60. The zero-order chi connectivity index (χ0) is 14.5. The third kappa shape index (κ3) is 3.82. The van der Waals surface area contributed by atoms with Crippen LogP contribution >= 0.6 is 38.9 Å². The fourth-order valence-corrected chi connectivity index (χ4v) is 3.01. The molecule has 0 fully saturated rings. The molecule has 0 aliphatic heterocycles. The SMILES string of the molecule is COC(CNC(=O)c1cc(Br)ccc1Cl)c1ccsc1. The molecule has 2 aromatic rings. The first-order valence-corrected chi connectivity index (χ1v) is 8.01. The summed E-state index contributed by atoms with van der Waals surface area (Å²) in [5.74, 6) is -0.214. The van der Waals surface area contributed by atoms with Crippen molar-refractivity contribution in [3.8, 4) is 0 Å². The molecule has 1 aromatic heterocycles. The molecule has 1 aromatic carbocycles. The predicted octanol–water partition coefficient (Wildman–Crippen LogP) is 4.28. The summed E-state index contributed by atoms with van der Waals surface area (Å²) in [5, 5.41) is 7.25. The molecule has 2 rings (SSSR count). The molecule has 3 nitrogen and oxygen atoms in total. The summed E-state index contributed by atoms with van der Waals surface area (Å²) in [6, 6.07) is 7.16. The number of halogens is 2. The summed E-state index contributed by atoms with van der Waals surface area (Å²) in [6.45, 7) is 0.398. The monoisotopic (exact) mass is 373 g/mol. The van der Waals surface area contributed by atoms with Crippen molar-refractivity contribution in [1.29, 1.82) is 0 Å². The van der Waals surface area contributed by atoms with Gasteiger partial charge in [0.15, 0.2) is 0 Å². The number of nitrogens with one attached hydrogen (secondary N) is 1. The molecule has 0 saturated carbocycles. The van der Waals surface area contributed by atoms with Gasteiger partial charge in [-0.3, -0.25) is 4.79 Å². The topological polar surface area (TPSA) is 38.3 Å². The summed E-state index contributed by atoms with van der Waals surface area (Å²) in [7, 11) is 1.63. The van der Waals surface area contributed by atoms with E-state index in [2.05, 4.69) is 21.2 Å². The first-order valence-electron chi connectivity index (χ1n) is 5.90. The maximum absolute atomic E-state index is 12.1. The minimum absolute atomic E-state index is 0.156. The van der Waals surface area contributed by atoms with Crippen molar-refractivity contribution in [3.05, 3.63) is 55.6 Å². The minimum atomic E-state index is -0.214. The summed E-state index contributed by atoms with van der Waals surface area (Å²) >= 11 is 11.0. The van der Waals surface area contributed by atoms with Crippen molar-refractivity contribution in [2.45, 2.75) is 6.10 Å². The molecule has 0 saturated heterocycles. The van der Waals surface area contributed by atoms with Crippen LogP contribution in [-0.2, 0) is 4.74 Å².